The zero-order valence-corrected chi connectivity index (χ0v) is 13.5. The van der Waals surface area contributed by atoms with Crippen LogP contribution in [0.5, 0.6) is 5.75 Å². The van der Waals surface area contributed by atoms with E-state index in [0.717, 1.165) is 0 Å². The molecule has 130 valence electrons. The average molecular weight is 340 g/mol. The minimum absolute atomic E-state index is 0.0165. The highest BCUT2D eigenvalue weighted by molar-refractivity contribution is 5.55. The van der Waals surface area contributed by atoms with Gasteiger partial charge in [-0.2, -0.15) is 13.2 Å². The molecule has 0 fully saturated rings. The summed E-state index contributed by atoms with van der Waals surface area (Å²) in [5, 5.41) is 0. The van der Waals surface area contributed by atoms with Crippen molar-refractivity contribution in [3.63, 3.8) is 0 Å². The molecule has 2 aromatic rings. The summed E-state index contributed by atoms with van der Waals surface area (Å²) in [7, 11) is 0. The average Bonchev–Trinajstić information content (AvgIpc) is 2.50. The molecule has 0 saturated heterocycles. The summed E-state index contributed by atoms with van der Waals surface area (Å²) in [6.45, 7) is 3.64. The number of pyridine rings is 1. The van der Waals surface area contributed by atoms with Crippen LogP contribution in [0.15, 0.2) is 24.4 Å². The van der Waals surface area contributed by atoms with Gasteiger partial charge in [0.05, 0.1) is 18.0 Å². The van der Waals surface area contributed by atoms with E-state index >= 15 is 0 Å². The third-order valence-electron chi connectivity index (χ3n) is 3.23. The van der Waals surface area contributed by atoms with Crippen molar-refractivity contribution in [3.8, 4) is 17.1 Å². The summed E-state index contributed by atoms with van der Waals surface area (Å²) < 4.78 is 45.1. The Kier molecular flexibility index (Phi) is 5.71. The van der Waals surface area contributed by atoms with E-state index in [2.05, 4.69) is 15.0 Å². The van der Waals surface area contributed by atoms with Crippen LogP contribution in [0.1, 0.15) is 31.3 Å². The molecule has 0 aliphatic heterocycles. The number of nitrogens with two attached hydrogens (primary N) is 1. The summed E-state index contributed by atoms with van der Waals surface area (Å²) in [5.41, 5.74) is 5.00. The molecule has 1 atom stereocenters. The highest BCUT2D eigenvalue weighted by Gasteiger charge is 2.37. The number of aromatic nitrogens is 3. The van der Waals surface area contributed by atoms with E-state index in [1.807, 2.05) is 6.92 Å². The molecule has 8 heteroatoms. The molecule has 0 bridgehead atoms. The first-order valence-electron chi connectivity index (χ1n) is 7.54. The molecule has 2 N–H and O–H groups in total. The normalized spacial score (nSPS) is 12.9. The number of hydrogen-bond acceptors (Lipinski definition) is 5. The quantitative estimate of drug-likeness (QED) is 0.816. The van der Waals surface area contributed by atoms with Gasteiger partial charge in [-0.25, -0.2) is 15.0 Å². The molecular weight excluding hydrogens is 321 g/mol. The Morgan fingerprint density at radius 2 is 1.88 bits per heavy atom. The minimum Gasteiger partial charge on any atom is -0.491 e. The lowest BCUT2D eigenvalue weighted by molar-refractivity contribution is -0.142. The van der Waals surface area contributed by atoms with Crippen molar-refractivity contribution >= 4 is 0 Å². The van der Waals surface area contributed by atoms with Crippen LogP contribution >= 0.6 is 0 Å². The van der Waals surface area contributed by atoms with Gasteiger partial charge in [-0.05, 0) is 44.9 Å². The lowest BCUT2D eigenvalue weighted by atomic mass is 10.2. The maximum absolute atomic E-state index is 13.3. The first-order chi connectivity index (χ1) is 11.3. The number of halogens is 3. The van der Waals surface area contributed by atoms with Gasteiger partial charge in [0.1, 0.15) is 11.6 Å². The highest BCUT2D eigenvalue weighted by atomic mass is 19.4. The first kappa shape index (κ1) is 18.1. The summed E-state index contributed by atoms with van der Waals surface area (Å²) in [5.74, 6) is 0.167. The predicted molar refractivity (Wildman–Crippen MR) is 83.4 cm³/mol. The smallest absolute Gasteiger partial charge is 0.437 e. The lowest BCUT2D eigenvalue weighted by Crippen LogP contribution is -2.16. The topological polar surface area (TPSA) is 73.9 Å². The van der Waals surface area contributed by atoms with Gasteiger partial charge in [0.25, 0.3) is 0 Å². The molecule has 0 spiro atoms. The second-order valence-electron chi connectivity index (χ2n) is 5.50. The predicted octanol–water partition coefficient (Wildman–Crippen LogP) is 3.37. The summed E-state index contributed by atoms with van der Waals surface area (Å²) in [6.07, 6.45) is -1.89. The van der Waals surface area contributed by atoms with Crippen molar-refractivity contribution in [2.75, 3.05) is 6.61 Å². The van der Waals surface area contributed by atoms with Gasteiger partial charge in [-0.3, -0.25) is 0 Å². The van der Waals surface area contributed by atoms with Crippen molar-refractivity contribution in [3.05, 3.63) is 35.9 Å². The molecule has 2 rings (SSSR count). The maximum atomic E-state index is 13.3. The molecule has 2 aromatic heterocycles. The Hall–Kier alpha value is -2.22. The monoisotopic (exact) mass is 340 g/mol. The molecule has 0 aromatic carbocycles. The zero-order chi connectivity index (χ0) is 17.7. The molecule has 24 heavy (non-hydrogen) atoms. The largest absolute Gasteiger partial charge is 0.491 e. The van der Waals surface area contributed by atoms with E-state index < -0.39 is 11.9 Å². The SMILES string of the molecule is Cc1nccc(-c2ccc(OCCCC(C)N)c(C(F)(F)F)n2)n1. The Labute approximate surface area is 138 Å². The zero-order valence-electron chi connectivity index (χ0n) is 13.5. The van der Waals surface area contributed by atoms with Gasteiger partial charge in [0.15, 0.2) is 5.69 Å². The Balaban J connectivity index is 2.26. The minimum atomic E-state index is -4.62. The fraction of sp³-hybridized carbons (Fsp3) is 0.438. The van der Waals surface area contributed by atoms with E-state index in [1.165, 1.54) is 24.4 Å². The number of alkyl halides is 3. The van der Waals surface area contributed by atoms with Crippen LogP contribution in [0.3, 0.4) is 0 Å². The number of aryl methyl sites for hydroxylation is 1. The second kappa shape index (κ2) is 7.57. The second-order valence-corrected chi connectivity index (χ2v) is 5.50. The Morgan fingerprint density at radius 3 is 2.50 bits per heavy atom. The molecule has 0 radical (unpaired) electrons. The van der Waals surface area contributed by atoms with Crippen LogP contribution in [-0.2, 0) is 6.18 Å². The number of rotatable bonds is 6. The van der Waals surface area contributed by atoms with Crippen LogP contribution < -0.4 is 10.5 Å². The molecule has 0 saturated carbocycles. The molecule has 1 unspecified atom stereocenters. The van der Waals surface area contributed by atoms with Crippen LogP contribution in [0.25, 0.3) is 11.4 Å². The van der Waals surface area contributed by atoms with Crippen LogP contribution in [0.4, 0.5) is 13.2 Å². The van der Waals surface area contributed by atoms with Crippen LogP contribution in [0, 0.1) is 6.92 Å². The van der Waals surface area contributed by atoms with Crippen molar-refractivity contribution in [1.29, 1.82) is 0 Å². The Bertz CT molecular complexity index is 689. The van der Waals surface area contributed by atoms with Gasteiger partial charge < -0.3 is 10.5 Å². The summed E-state index contributed by atoms with van der Waals surface area (Å²) in [6, 6.07) is 4.22. The molecule has 0 aliphatic rings. The number of hydrogen-bond donors (Lipinski definition) is 1. The number of ether oxygens (including phenoxy) is 1. The van der Waals surface area contributed by atoms with Gasteiger partial charge >= 0.3 is 6.18 Å². The van der Waals surface area contributed by atoms with Gasteiger partial charge in [0, 0.05) is 12.2 Å². The first-order valence-corrected chi connectivity index (χ1v) is 7.54. The van der Waals surface area contributed by atoms with Crippen LogP contribution in [0.2, 0.25) is 0 Å². The van der Waals surface area contributed by atoms with E-state index in [4.69, 9.17) is 10.5 Å². The standard InChI is InChI=1S/C16H19F3N4O/c1-10(20)4-3-9-24-14-6-5-12(23-15(14)16(17,18)19)13-7-8-21-11(2)22-13/h5-8,10H,3-4,9,20H2,1-2H3. The third kappa shape index (κ3) is 4.89. The summed E-state index contributed by atoms with van der Waals surface area (Å²) >= 11 is 0. The van der Waals surface area contributed by atoms with Gasteiger partial charge in [-0.15, -0.1) is 0 Å². The molecule has 0 amide bonds. The van der Waals surface area contributed by atoms with E-state index in [9.17, 15) is 13.2 Å². The van der Waals surface area contributed by atoms with Crippen molar-refractivity contribution < 1.29 is 17.9 Å². The molecular formula is C16H19F3N4O. The molecule has 2 heterocycles. The third-order valence-corrected chi connectivity index (χ3v) is 3.23. The lowest BCUT2D eigenvalue weighted by Gasteiger charge is -2.14. The van der Waals surface area contributed by atoms with Crippen LogP contribution in [-0.4, -0.2) is 27.6 Å². The van der Waals surface area contributed by atoms with Crippen molar-refractivity contribution in [2.45, 2.75) is 38.9 Å². The van der Waals surface area contributed by atoms with Crippen molar-refractivity contribution in [1.82, 2.24) is 15.0 Å². The maximum Gasteiger partial charge on any atom is 0.437 e. The molecule has 0 aliphatic carbocycles. The highest BCUT2D eigenvalue weighted by Crippen LogP contribution is 2.36. The van der Waals surface area contributed by atoms with Gasteiger partial charge in [0.2, 0.25) is 0 Å². The number of nitrogens with zero attached hydrogens (tertiary/aromatic N) is 3. The fourth-order valence-electron chi connectivity index (χ4n) is 2.09. The van der Waals surface area contributed by atoms with E-state index in [1.54, 1.807) is 6.92 Å². The van der Waals surface area contributed by atoms with E-state index in [0.29, 0.717) is 24.4 Å². The summed E-state index contributed by atoms with van der Waals surface area (Å²) in [4.78, 5) is 11.7. The Morgan fingerprint density at radius 1 is 1.17 bits per heavy atom. The van der Waals surface area contributed by atoms with Crippen molar-refractivity contribution in [2.24, 2.45) is 5.73 Å². The fourth-order valence-corrected chi connectivity index (χ4v) is 2.09. The molecule has 5 nitrogen and oxygen atoms in total. The van der Waals surface area contributed by atoms with E-state index in [-0.39, 0.29) is 24.1 Å². The van der Waals surface area contributed by atoms with Gasteiger partial charge in [-0.1, -0.05) is 0 Å².